The standard InChI is InChI=1S/C9H18N2O3/c1-6-9(14,7(12)10(2)3)8(13)11(4)5/h14H,6H2,1-5H3. The van der Waals surface area contributed by atoms with Crippen molar-refractivity contribution < 1.29 is 14.7 Å². The van der Waals surface area contributed by atoms with E-state index in [1.807, 2.05) is 0 Å². The fraction of sp³-hybridized carbons (Fsp3) is 0.778. The van der Waals surface area contributed by atoms with Gasteiger partial charge in [-0.2, -0.15) is 0 Å². The molecule has 0 aromatic rings. The third kappa shape index (κ3) is 2.23. The quantitative estimate of drug-likeness (QED) is 0.616. The molecule has 0 heterocycles. The molecule has 82 valence electrons. The average Bonchev–Trinajstić information content (AvgIpc) is 2.13. The highest BCUT2D eigenvalue weighted by atomic mass is 16.3. The molecule has 0 fully saturated rings. The van der Waals surface area contributed by atoms with E-state index in [4.69, 9.17) is 0 Å². The Morgan fingerprint density at radius 1 is 1.07 bits per heavy atom. The van der Waals surface area contributed by atoms with Crippen molar-refractivity contribution in [2.24, 2.45) is 0 Å². The number of rotatable bonds is 3. The number of amides is 2. The number of aliphatic hydroxyl groups is 1. The minimum atomic E-state index is -1.92. The van der Waals surface area contributed by atoms with Crippen molar-refractivity contribution in [1.82, 2.24) is 9.80 Å². The third-order valence-corrected chi connectivity index (χ3v) is 2.03. The van der Waals surface area contributed by atoms with Gasteiger partial charge in [0.2, 0.25) is 5.60 Å². The van der Waals surface area contributed by atoms with Gasteiger partial charge in [-0.25, -0.2) is 0 Å². The smallest absolute Gasteiger partial charge is 0.263 e. The molecule has 0 aliphatic heterocycles. The molecule has 0 unspecified atom stereocenters. The molecule has 0 aromatic heterocycles. The molecule has 0 spiro atoms. The predicted molar refractivity (Wildman–Crippen MR) is 52.6 cm³/mol. The van der Waals surface area contributed by atoms with Crippen LogP contribution in [0.3, 0.4) is 0 Å². The van der Waals surface area contributed by atoms with Crippen LogP contribution in [0.4, 0.5) is 0 Å². The number of nitrogens with zero attached hydrogens (tertiary/aromatic N) is 2. The first-order chi connectivity index (χ1) is 6.27. The third-order valence-electron chi connectivity index (χ3n) is 2.03. The highest BCUT2D eigenvalue weighted by molar-refractivity contribution is 6.07. The van der Waals surface area contributed by atoms with E-state index in [-0.39, 0.29) is 6.42 Å². The van der Waals surface area contributed by atoms with Gasteiger partial charge in [-0.3, -0.25) is 9.59 Å². The maximum atomic E-state index is 11.6. The summed E-state index contributed by atoms with van der Waals surface area (Å²) in [6, 6.07) is 0. The van der Waals surface area contributed by atoms with Crippen LogP contribution >= 0.6 is 0 Å². The Kier molecular flexibility index (Phi) is 4.07. The first kappa shape index (κ1) is 12.9. The van der Waals surface area contributed by atoms with Gasteiger partial charge in [-0.05, 0) is 6.42 Å². The minimum Gasteiger partial charge on any atom is -0.372 e. The molecule has 0 aliphatic carbocycles. The van der Waals surface area contributed by atoms with Crippen molar-refractivity contribution in [2.45, 2.75) is 18.9 Å². The Bertz CT molecular complexity index is 216. The molecule has 5 heteroatoms. The van der Waals surface area contributed by atoms with Crippen LogP contribution in [-0.4, -0.2) is 60.5 Å². The van der Waals surface area contributed by atoms with Gasteiger partial charge < -0.3 is 14.9 Å². The van der Waals surface area contributed by atoms with Crippen molar-refractivity contribution in [3.8, 4) is 0 Å². The van der Waals surface area contributed by atoms with E-state index in [9.17, 15) is 14.7 Å². The molecule has 0 bridgehead atoms. The molecular formula is C9H18N2O3. The van der Waals surface area contributed by atoms with Crippen molar-refractivity contribution in [3.05, 3.63) is 0 Å². The van der Waals surface area contributed by atoms with Crippen LogP contribution in [0.15, 0.2) is 0 Å². The summed E-state index contributed by atoms with van der Waals surface area (Å²) in [6.45, 7) is 1.60. The number of carbonyl (C=O) groups is 2. The Morgan fingerprint density at radius 3 is 1.50 bits per heavy atom. The summed E-state index contributed by atoms with van der Waals surface area (Å²) < 4.78 is 0. The van der Waals surface area contributed by atoms with E-state index >= 15 is 0 Å². The lowest BCUT2D eigenvalue weighted by atomic mass is 9.97. The van der Waals surface area contributed by atoms with Crippen LogP contribution < -0.4 is 0 Å². The maximum Gasteiger partial charge on any atom is 0.263 e. The fourth-order valence-electron chi connectivity index (χ4n) is 1.13. The van der Waals surface area contributed by atoms with Crippen molar-refractivity contribution in [2.75, 3.05) is 28.2 Å². The number of hydrogen-bond donors (Lipinski definition) is 1. The molecule has 1 N–H and O–H groups in total. The molecule has 2 amide bonds. The summed E-state index contributed by atoms with van der Waals surface area (Å²) in [7, 11) is 6.02. The number of likely N-dealkylation sites (N-methyl/N-ethyl adjacent to an activating group) is 2. The average molecular weight is 202 g/mol. The van der Waals surface area contributed by atoms with Crippen LogP contribution in [-0.2, 0) is 9.59 Å². The monoisotopic (exact) mass is 202 g/mol. The summed E-state index contributed by atoms with van der Waals surface area (Å²) in [4.78, 5) is 25.6. The van der Waals surface area contributed by atoms with Gasteiger partial charge in [0.05, 0.1) is 0 Å². The van der Waals surface area contributed by atoms with Crippen molar-refractivity contribution in [3.63, 3.8) is 0 Å². The van der Waals surface area contributed by atoms with Gasteiger partial charge in [0, 0.05) is 28.2 Å². The normalized spacial score (nSPS) is 11.0. The van der Waals surface area contributed by atoms with Crippen LogP contribution in [0.25, 0.3) is 0 Å². The van der Waals surface area contributed by atoms with Crippen LogP contribution in [0.5, 0.6) is 0 Å². The molecule has 0 saturated heterocycles. The van der Waals surface area contributed by atoms with Crippen LogP contribution in [0.2, 0.25) is 0 Å². The summed E-state index contributed by atoms with van der Waals surface area (Å²) in [6.07, 6.45) is 0.0705. The summed E-state index contributed by atoms with van der Waals surface area (Å²) in [5.74, 6) is -1.17. The molecular weight excluding hydrogens is 184 g/mol. The zero-order valence-corrected chi connectivity index (χ0v) is 9.37. The summed E-state index contributed by atoms with van der Waals surface area (Å²) in [5.41, 5.74) is -1.92. The minimum absolute atomic E-state index is 0.0705. The molecule has 0 radical (unpaired) electrons. The predicted octanol–water partition coefficient (Wildman–Crippen LogP) is -0.696. The molecule has 0 aromatic carbocycles. The van der Waals surface area contributed by atoms with Gasteiger partial charge in [0.25, 0.3) is 11.8 Å². The van der Waals surface area contributed by atoms with Crippen LogP contribution in [0, 0.1) is 0 Å². The SMILES string of the molecule is CCC(O)(C(=O)N(C)C)C(=O)N(C)C. The first-order valence-corrected chi connectivity index (χ1v) is 4.43. The van der Waals surface area contributed by atoms with E-state index in [2.05, 4.69) is 0 Å². The van der Waals surface area contributed by atoms with Gasteiger partial charge in [0.15, 0.2) is 0 Å². The Balaban J connectivity index is 4.98. The Morgan fingerprint density at radius 2 is 1.36 bits per heavy atom. The van der Waals surface area contributed by atoms with Gasteiger partial charge >= 0.3 is 0 Å². The second-order valence-electron chi connectivity index (χ2n) is 3.61. The van der Waals surface area contributed by atoms with E-state index in [1.54, 1.807) is 6.92 Å². The molecule has 0 saturated carbocycles. The Hall–Kier alpha value is -1.10. The molecule has 0 rings (SSSR count). The van der Waals surface area contributed by atoms with Gasteiger partial charge in [-0.15, -0.1) is 0 Å². The zero-order valence-electron chi connectivity index (χ0n) is 9.37. The number of carbonyl (C=O) groups excluding carboxylic acids is 2. The molecule has 0 aliphatic rings. The second kappa shape index (κ2) is 4.41. The van der Waals surface area contributed by atoms with Crippen molar-refractivity contribution in [1.29, 1.82) is 0 Å². The Labute approximate surface area is 84.3 Å². The lowest BCUT2D eigenvalue weighted by molar-refractivity contribution is -0.164. The van der Waals surface area contributed by atoms with E-state index in [1.165, 1.54) is 38.0 Å². The van der Waals surface area contributed by atoms with E-state index in [0.717, 1.165) is 0 Å². The second-order valence-corrected chi connectivity index (χ2v) is 3.61. The lowest BCUT2D eigenvalue weighted by Crippen LogP contribution is -2.56. The summed E-state index contributed by atoms with van der Waals surface area (Å²) >= 11 is 0. The molecule has 0 atom stereocenters. The molecule has 5 nitrogen and oxygen atoms in total. The van der Waals surface area contributed by atoms with Crippen LogP contribution in [0.1, 0.15) is 13.3 Å². The van der Waals surface area contributed by atoms with Gasteiger partial charge in [0.1, 0.15) is 0 Å². The lowest BCUT2D eigenvalue weighted by Gasteiger charge is -2.29. The highest BCUT2D eigenvalue weighted by Gasteiger charge is 2.44. The molecule has 14 heavy (non-hydrogen) atoms. The van der Waals surface area contributed by atoms with E-state index < -0.39 is 17.4 Å². The fourth-order valence-corrected chi connectivity index (χ4v) is 1.13. The largest absolute Gasteiger partial charge is 0.372 e. The maximum absolute atomic E-state index is 11.6. The van der Waals surface area contributed by atoms with Gasteiger partial charge in [-0.1, -0.05) is 6.92 Å². The topological polar surface area (TPSA) is 60.9 Å². The highest BCUT2D eigenvalue weighted by Crippen LogP contribution is 2.15. The van der Waals surface area contributed by atoms with Crippen molar-refractivity contribution >= 4 is 11.8 Å². The zero-order chi connectivity index (χ0) is 11.5. The van der Waals surface area contributed by atoms with E-state index in [0.29, 0.717) is 0 Å². The summed E-state index contributed by atoms with van der Waals surface area (Å²) in [5, 5.41) is 9.92. The number of hydrogen-bond acceptors (Lipinski definition) is 3. The first-order valence-electron chi connectivity index (χ1n) is 4.43.